The molecule has 20 heavy (non-hydrogen) atoms. The van der Waals surface area contributed by atoms with Crippen LogP contribution in [0.2, 0.25) is 0 Å². The summed E-state index contributed by atoms with van der Waals surface area (Å²) in [5, 5.41) is 12.9. The average molecular weight is 336 g/mol. The van der Waals surface area contributed by atoms with Crippen LogP contribution in [0, 0.1) is 6.92 Å². The standard InChI is InChI=1S/C16H18BrNO2/c1-10-8-13(19)5-6-15(10)18-11(2)12-4-7-16(20-3)14(17)9-12/h4-9,11,18-19H,1-3H3. The molecule has 2 rings (SSSR count). The molecule has 2 N–H and O–H groups in total. The summed E-state index contributed by atoms with van der Waals surface area (Å²) in [6, 6.07) is 11.5. The monoisotopic (exact) mass is 335 g/mol. The molecule has 1 atom stereocenters. The molecule has 3 nitrogen and oxygen atoms in total. The van der Waals surface area contributed by atoms with Crippen LogP contribution in [-0.2, 0) is 0 Å². The Balaban J connectivity index is 2.19. The van der Waals surface area contributed by atoms with Crippen molar-refractivity contribution >= 4 is 21.6 Å². The van der Waals surface area contributed by atoms with Gasteiger partial charge in [-0.25, -0.2) is 0 Å². The summed E-state index contributed by atoms with van der Waals surface area (Å²) in [6.07, 6.45) is 0. The highest BCUT2D eigenvalue weighted by atomic mass is 79.9. The third-order valence-electron chi connectivity index (χ3n) is 3.26. The summed E-state index contributed by atoms with van der Waals surface area (Å²) in [5.41, 5.74) is 3.19. The minimum Gasteiger partial charge on any atom is -0.508 e. The number of aromatic hydroxyl groups is 1. The van der Waals surface area contributed by atoms with E-state index in [1.54, 1.807) is 19.2 Å². The zero-order chi connectivity index (χ0) is 14.7. The van der Waals surface area contributed by atoms with Crippen LogP contribution >= 0.6 is 15.9 Å². The van der Waals surface area contributed by atoms with Crippen molar-refractivity contribution in [2.75, 3.05) is 12.4 Å². The first-order valence-electron chi connectivity index (χ1n) is 6.41. The number of phenolic OH excluding ortho intramolecular Hbond substituents is 1. The van der Waals surface area contributed by atoms with Gasteiger partial charge in [-0.1, -0.05) is 6.07 Å². The fourth-order valence-corrected chi connectivity index (χ4v) is 2.64. The van der Waals surface area contributed by atoms with Gasteiger partial charge in [0, 0.05) is 11.7 Å². The summed E-state index contributed by atoms with van der Waals surface area (Å²) >= 11 is 3.50. The van der Waals surface area contributed by atoms with Crippen LogP contribution in [-0.4, -0.2) is 12.2 Å². The van der Waals surface area contributed by atoms with Gasteiger partial charge >= 0.3 is 0 Å². The van der Waals surface area contributed by atoms with Crippen LogP contribution in [0.15, 0.2) is 40.9 Å². The Kier molecular flexibility index (Phi) is 4.55. The number of aryl methyl sites for hydroxylation is 1. The van der Waals surface area contributed by atoms with Gasteiger partial charge in [-0.3, -0.25) is 0 Å². The third kappa shape index (κ3) is 3.25. The van der Waals surface area contributed by atoms with Crippen LogP contribution in [0.5, 0.6) is 11.5 Å². The molecule has 0 bridgehead atoms. The van der Waals surface area contributed by atoms with Gasteiger partial charge in [-0.2, -0.15) is 0 Å². The number of hydrogen-bond donors (Lipinski definition) is 2. The molecule has 0 heterocycles. The number of hydrogen-bond acceptors (Lipinski definition) is 3. The van der Waals surface area contributed by atoms with Gasteiger partial charge in [0.05, 0.1) is 11.6 Å². The Morgan fingerprint density at radius 2 is 1.95 bits per heavy atom. The van der Waals surface area contributed by atoms with Gasteiger partial charge in [0.25, 0.3) is 0 Å². The predicted octanol–water partition coefficient (Wildman–Crippen LogP) is 4.64. The minimum atomic E-state index is 0.153. The highest BCUT2D eigenvalue weighted by molar-refractivity contribution is 9.10. The number of anilines is 1. The Morgan fingerprint density at radius 1 is 1.20 bits per heavy atom. The zero-order valence-corrected chi connectivity index (χ0v) is 13.4. The lowest BCUT2D eigenvalue weighted by molar-refractivity contribution is 0.412. The van der Waals surface area contributed by atoms with Gasteiger partial charge in [0.2, 0.25) is 0 Å². The molecule has 0 saturated carbocycles. The smallest absolute Gasteiger partial charge is 0.133 e. The molecule has 106 valence electrons. The van der Waals surface area contributed by atoms with Crippen molar-refractivity contribution in [2.24, 2.45) is 0 Å². The molecule has 0 aliphatic rings. The number of benzene rings is 2. The SMILES string of the molecule is COc1ccc(C(C)Nc2ccc(O)cc2C)cc1Br. The van der Waals surface area contributed by atoms with E-state index >= 15 is 0 Å². The van der Waals surface area contributed by atoms with Crippen LogP contribution in [0.1, 0.15) is 24.1 Å². The topological polar surface area (TPSA) is 41.5 Å². The summed E-state index contributed by atoms with van der Waals surface area (Å²) in [4.78, 5) is 0. The molecule has 0 aliphatic heterocycles. The lowest BCUT2D eigenvalue weighted by atomic mass is 10.1. The van der Waals surface area contributed by atoms with E-state index in [2.05, 4.69) is 28.2 Å². The lowest BCUT2D eigenvalue weighted by Crippen LogP contribution is -2.07. The molecular weight excluding hydrogens is 318 g/mol. The van der Waals surface area contributed by atoms with Gasteiger partial charge in [-0.15, -0.1) is 0 Å². The average Bonchev–Trinajstić information content (AvgIpc) is 2.41. The first kappa shape index (κ1) is 14.7. The fraction of sp³-hybridized carbons (Fsp3) is 0.250. The van der Waals surface area contributed by atoms with Gasteiger partial charge in [0.15, 0.2) is 0 Å². The number of halogens is 1. The first-order valence-corrected chi connectivity index (χ1v) is 7.20. The van der Waals surface area contributed by atoms with E-state index in [1.807, 2.05) is 31.2 Å². The van der Waals surface area contributed by atoms with E-state index in [0.717, 1.165) is 27.0 Å². The third-order valence-corrected chi connectivity index (χ3v) is 3.88. The summed E-state index contributed by atoms with van der Waals surface area (Å²) in [5.74, 6) is 1.11. The molecule has 0 saturated heterocycles. The number of phenols is 1. The summed E-state index contributed by atoms with van der Waals surface area (Å²) in [6.45, 7) is 4.07. The quantitative estimate of drug-likeness (QED) is 0.799. The lowest BCUT2D eigenvalue weighted by Gasteiger charge is -2.18. The largest absolute Gasteiger partial charge is 0.508 e. The molecule has 1 unspecified atom stereocenters. The van der Waals surface area contributed by atoms with Gasteiger partial charge < -0.3 is 15.2 Å². The number of ether oxygens (including phenoxy) is 1. The van der Waals surface area contributed by atoms with Crippen molar-refractivity contribution in [1.29, 1.82) is 0 Å². The molecule has 2 aromatic carbocycles. The molecule has 0 aromatic heterocycles. The van der Waals surface area contributed by atoms with E-state index < -0.39 is 0 Å². The van der Waals surface area contributed by atoms with Crippen LogP contribution in [0.4, 0.5) is 5.69 Å². The highest BCUT2D eigenvalue weighted by Crippen LogP contribution is 2.30. The van der Waals surface area contributed by atoms with E-state index in [-0.39, 0.29) is 11.8 Å². The van der Waals surface area contributed by atoms with Crippen molar-refractivity contribution in [2.45, 2.75) is 19.9 Å². The van der Waals surface area contributed by atoms with Crippen molar-refractivity contribution in [1.82, 2.24) is 0 Å². The molecule has 0 spiro atoms. The minimum absolute atomic E-state index is 0.153. The van der Waals surface area contributed by atoms with Crippen molar-refractivity contribution < 1.29 is 9.84 Å². The number of methoxy groups -OCH3 is 1. The number of rotatable bonds is 4. The second kappa shape index (κ2) is 6.18. The van der Waals surface area contributed by atoms with Crippen LogP contribution < -0.4 is 10.1 Å². The fourth-order valence-electron chi connectivity index (χ4n) is 2.08. The molecule has 2 aromatic rings. The van der Waals surface area contributed by atoms with E-state index in [9.17, 15) is 5.11 Å². The van der Waals surface area contributed by atoms with E-state index in [0.29, 0.717) is 0 Å². The molecule has 0 aliphatic carbocycles. The van der Waals surface area contributed by atoms with Gasteiger partial charge in [0.1, 0.15) is 11.5 Å². The van der Waals surface area contributed by atoms with E-state index in [1.165, 1.54) is 0 Å². The Bertz CT molecular complexity index is 613. The molecular formula is C16H18BrNO2. The summed E-state index contributed by atoms with van der Waals surface area (Å²) in [7, 11) is 1.65. The Morgan fingerprint density at radius 3 is 2.55 bits per heavy atom. The predicted molar refractivity (Wildman–Crippen MR) is 85.6 cm³/mol. The Labute approximate surface area is 127 Å². The molecule has 4 heteroatoms. The van der Waals surface area contributed by atoms with Crippen molar-refractivity contribution in [3.8, 4) is 11.5 Å². The molecule has 0 fully saturated rings. The zero-order valence-electron chi connectivity index (χ0n) is 11.8. The second-order valence-electron chi connectivity index (χ2n) is 4.76. The maximum atomic E-state index is 9.43. The summed E-state index contributed by atoms with van der Waals surface area (Å²) < 4.78 is 6.17. The Hall–Kier alpha value is -1.68. The van der Waals surface area contributed by atoms with E-state index in [4.69, 9.17) is 4.74 Å². The maximum absolute atomic E-state index is 9.43. The van der Waals surface area contributed by atoms with Gasteiger partial charge in [-0.05, 0) is 71.2 Å². The molecule has 0 amide bonds. The van der Waals surface area contributed by atoms with Crippen LogP contribution in [0.25, 0.3) is 0 Å². The maximum Gasteiger partial charge on any atom is 0.133 e. The van der Waals surface area contributed by atoms with Crippen molar-refractivity contribution in [3.05, 3.63) is 52.0 Å². The molecule has 0 radical (unpaired) electrons. The second-order valence-corrected chi connectivity index (χ2v) is 5.61. The highest BCUT2D eigenvalue weighted by Gasteiger charge is 2.09. The van der Waals surface area contributed by atoms with Crippen LogP contribution in [0.3, 0.4) is 0 Å². The number of nitrogens with one attached hydrogen (secondary N) is 1. The van der Waals surface area contributed by atoms with Crippen molar-refractivity contribution in [3.63, 3.8) is 0 Å². The normalized spacial score (nSPS) is 12.0. The first-order chi connectivity index (χ1) is 9.51.